The van der Waals surface area contributed by atoms with Gasteiger partial charge in [0.25, 0.3) is 5.91 Å². The van der Waals surface area contributed by atoms with Gasteiger partial charge in [0.1, 0.15) is 5.69 Å². The quantitative estimate of drug-likeness (QED) is 0.748. The fraction of sp³-hybridized carbons (Fsp3) is 0.429. The zero-order chi connectivity index (χ0) is 18.2. The van der Waals surface area contributed by atoms with Crippen molar-refractivity contribution in [2.75, 3.05) is 19.8 Å². The summed E-state index contributed by atoms with van der Waals surface area (Å²) in [6, 6.07) is 9.97. The van der Waals surface area contributed by atoms with Crippen LogP contribution < -0.4 is 0 Å². The molecule has 27 heavy (non-hydrogen) atoms. The first-order valence-electron chi connectivity index (χ1n) is 9.68. The van der Waals surface area contributed by atoms with Crippen LogP contribution in [-0.2, 0) is 24.1 Å². The van der Waals surface area contributed by atoms with Crippen LogP contribution in [0.3, 0.4) is 0 Å². The van der Waals surface area contributed by atoms with Gasteiger partial charge in [0.05, 0.1) is 17.2 Å². The van der Waals surface area contributed by atoms with E-state index in [1.54, 1.807) is 11.3 Å². The lowest BCUT2D eigenvalue weighted by Gasteiger charge is -2.25. The van der Waals surface area contributed by atoms with Gasteiger partial charge in [-0.3, -0.25) is 4.79 Å². The lowest BCUT2D eigenvalue weighted by atomic mass is 10.0. The summed E-state index contributed by atoms with van der Waals surface area (Å²) in [6.07, 6.45) is 4.22. The van der Waals surface area contributed by atoms with Gasteiger partial charge < -0.3 is 14.6 Å². The Labute approximate surface area is 162 Å². The van der Waals surface area contributed by atoms with Gasteiger partial charge in [0, 0.05) is 42.0 Å². The second kappa shape index (κ2) is 7.09. The molecule has 0 aliphatic carbocycles. The number of carbonyl (C=O) groups is 1. The monoisotopic (exact) mass is 381 g/mol. The minimum atomic E-state index is 0.0786. The number of hydrogen-bond donors (Lipinski definition) is 1. The molecule has 1 N–H and O–H groups in total. The molecule has 1 fully saturated rings. The van der Waals surface area contributed by atoms with Gasteiger partial charge in [0.2, 0.25) is 0 Å². The number of para-hydroxylation sites is 1. The van der Waals surface area contributed by atoms with Crippen molar-refractivity contribution < 1.29 is 9.53 Å². The van der Waals surface area contributed by atoms with Crippen LogP contribution in [0, 0.1) is 5.92 Å². The summed E-state index contributed by atoms with van der Waals surface area (Å²) < 4.78 is 5.47. The SMILES string of the molecule is O=C(c1cc2ccccc2[nH]1)N1CCc2nc(CCC3CCOC3)sc2C1. The molecule has 1 atom stereocenters. The number of nitrogens with zero attached hydrogens (tertiary/aromatic N) is 2. The molecular weight excluding hydrogens is 358 g/mol. The molecule has 1 saturated heterocycles. The summed E-state index contributed by atoms with van der Waals surface area (Å²) in [5.74, 6) is 0.765. The summed E-state index contributed by atoms with van der Waals surface area (Å²) in [4.78, 5) is 24.3. The zero-order valence-electron chi connectivity index (χ0n) is 15.2. The number of amides is 1. The highest BCUT2D eigenvalue weighted by Crippen LogP contribution is 2.28. The second-order valence-electron chi connectivity index (χ2n) is 7.49. The molecule has 0 saturated carbocycles. The maximum absolute atomic E-state index is 13.0. The third kappa shape index (κ3) is 3.39. The molecule has 5 nitrogen and oxygen atoms in total. The Hall–Kier alpha value is -2.18. The van der Waals surface area contributed by atoms with E-state index in [0.717, 1.165) is 49.9 Å². The van der Waals surface area contributed by atoms with Crippen molar-refractivity contribution in [2.24, 2.45) is 5.92 Å². The van der Waals surface area contributed by atoms with Crippen LogP contribution in [-0.4, -0.2) is 40.5 Å². The van der Waals surface area contributed by atoms with Crippen molar-refractivity contribution in [1.29, 1.82) is 0 Å². The lowest BCUT2D eigenvalue weighted by Crippen LogP contribution is -2.35. The highest BCUT2D eigenvalue weighted by Gasteiger charge is 2.26. The Balaban J connectivity index is 1.28. The largest absolute Gasteiger partial charge is 0.381 e. The summed E-state index contributed by atoms with van der Waals surface area (Å²) in [6.45, 7) is 3.22. The van der Waals surface area contributed by atoms with Gasteiger partial charge in [-0.05, 0) is 37.3 Å². The standard InChI is InChI=1S/C21H23N3O2S/c25-21(18-11-15-3-1-2-4-16(15)22-18)24-9-7-17-19(12-24)27-20(23-17)6-5-14-8-10-26-13-14/h1-4,11,14,22H,5-10,12-13H2. The number of hydrogen-bond acceptors (Lipinski definition) is 4. The van der Waals surface area contributed by atoms with E-state index in [4.69, 9.17) is 9.72 Å². The fourth-order valence-corrected chi connectivity index (χ4v) is 5.17. The number of benzene rings is 1. The fourth-order valence-electron chi connectivity index (χ4n) is 4.03. The summed E-state index contributed by atoms with van der Waals surface area (Å²) in [5, 5.41) is 2.29. The molecule has 1 aromatic carbocycles. The number of aromatic nitrogens is 2. The third-order valence-electron chi connectivity index (χ3n) is 5.61. The first kappa shape index (κ1) is 17.0. The number of rotatable bonds is 4. The van der Waals surface area contributed by atoms with E-state index in [9.17, 15) is 4.79 Å². The van der Waals surface area contributed by atoms with Gasteiger partial charge in [-0.2, -0.15) is 0 Å². The Morgan fingerprint density at radius 2 is 2.30 bits per heavy atom. The van der Waals surface area contributed by atoms with Crippen LogP contribution in [0.15, 0.2) is 30.3 Å². The number of thiazole rings is 1. The number of carbonyl (C=O) groups excluding carboxylic acids is 1. The molecule has 0 radical (unpaired) electrons. The molecule has 2 aliphatic heterocycles. The Kier molecular flexibility index (Phi) is 4.45. The van der Waals surface area contributed by atoms with Crippen LogP contribution in [0.2, 0.25) is 0 Å². The van der Waals surface area contributed by atoms with Crippen LogP contribution in [0.1, 0.15) is 38.9 Å². The van der Waals surface area contributed by atoms with Crippen molar-refractivity contribution >= 4 is 28.1 Å². The highest BCUT2D eigenvalue weighted by atomic mass is 32.1. The maximum atomic E-state index is 13.0. The van der Waals surface area contributed by atoms with E-state index in [0.29, 0.717) is 18.2 Å². The number of nitrogens with one attached hydrogen (secondary N) is 1. The van der Waals surface area contributed by atoms with Crippen LogP contribution in [0.25, 0.3) is 10.9 Å². The predicted molar refractivity (Wildman–Crippen MR) is 106 cm³/mol. The summed E-state index contributed by atoms with van der Waals surface area (Å²) in [5.41, 5.74) is 2.87. The normalized spacial score (nSPS) is 19.6. The van der Waals surface area contributed by atoms with Crippen molar-refractivity contribution in [2.45, 2.75) is 32.2 Å². The number of fused-ring (bicyclic) bond motifs is 2. The van der Waals surface area contributed by atoms with E-state index >= 15 is 0 Å². The number of aryl methyl sites for hydroxylation is 1. The van der Waals surface area contributed by atoms with E-state index in [2.05, 4.69) is 4.98 Å². The van der Waals surface area contributed by atoms with Crippen LogP contribution in [0.5, 0.6) is 0 Å². The number of H-pyrrole nitrogens is 1. The Morgan fingerprint density at radius 1 is 1.37 bits per heavy atom. The molecule has 140 valence electrons. The molecule has 0 spiro atoms. The van der Waals surface area contributed by atoms with Gasteiger partial charge in [-0.25, -0.2) is 4.98 Å². The molecule has 2 aliphatic rings. The minimum absolute atomic E-state index is 0.0786. The van der Waals surface area contributed by atoms with Gasteiger partial charge in [-0.1, -0.05) is 18.2 Å². The van der Waals surface area contributed by atoms with E-state index in [1.807, 2.05) is 35.2 Å². The number of ether oxygens (including phenoxy) is 1. The summed E-state index contributed by atoms with van der Waals surface area (Å²) >= 11 is 1.78. The van der Waals surface area contributed by atoms with Gasteiger partial charge in [0.15, 0.2) is 0 Å². The summed E-state index contributed by atoms with van der Waals surface area (Å²) in [7, 11) is 0. The van der Waals surface area contributed by atoms with Gasteiger partial charge >= 0.3 is 0 Å². The van der Waals surface area contributed by atoms with E-state index < -0.39 is 0 Å². The third-order valence-corrected chi connectivity index (χ3v) is 6.76. The average Bonchev–Trinajstić information content (AvgIpc) is 3.43. The zero-order valence-corrected chi connectivity index (χ0v) is 16.1. The molecule has 1 amide bonds. The van der Waals surface area contributed by atoms with Crippen molar-refractivity contribution in [3.63, 3.8) is 0 Å². The molecule has 5 rings (SSSR count). The first-order valence-corrected chi connectivity index (χ1v) is 10.5. The topological polar surface area (TPSA) is 58.2 Å². The molecule has 1 unspecified atom stereocenters. The van der Waals surface area contributed by atoms with Gasteiger partial charge in [-0.15, -0.1) is 11.3 Å². The molecule has 2 aromatic heterocycles. The van der Waals surface area contributed by atoms with Crippen LogP contribution >= 0.6 is 11.3 Å². The number of aromatic amines is 1. The molecule has 6 heteroatoms. The highest BCUT2D eigenvalue weighted by molar-refractivity contribution is 7.11. The second-order valence-corrected chi connectivity index (χ2v) is 8.66. The molecule has 3 aromatic rings. The smallest absolute Gasteiger partial charge is 0.270 e. The Morgan fingerprint density at radius 3 is 3.15 bits per heavy atom. The molecule has 0 bridgehead atoms. The maximum Gasteiger partial charge on any atom is 0.270 e. The van der Waals surface area contributed by atoms with E-state index in [-0.39, 0.29) is 5.91 Å². The first-order chi connectivity index (χ1) is 13.3. The molecule has 4 heterocycles. The lowest BCUT2D eigenvalue weighted by molar-refractivity contribution is 0.0731. The Bertz CT molecular complexity index is 938. The van der Waals surface area contributed by atoms with Crippen molar-refractivity contribution in [1.82, 2.24) is 14.9 Å². The van der Waals surface area contributed by atoms with Crippen molar-refractivity contribution in [3.05, 3.63) is 51.6 Å². The van der Waals surface area contributed by atoms with E-state index in [1.165, 1.54) is 22.0 Å². The van der Waals surface area contributed by atoms with Crippen LogP contribution in [0.4, 0.5) is 0 Å². The average molecular weight is 382 g/mol. The predicted octanol–water partition coefficient (Wildman–Crippen LogP) is 3.79. The minimum Gasteiger partial charge on any atom is -0.381 e. The van der Waals surface area contributed by atoms with Crippen molar-refractivity contribution in [3.8, 4) is 0 Å². The molecular formula is C21H23N3O2S.